The molecule has 0 saturated heterocycles. The van der Waals surface area contributed by atoms with Crippen LogP contribution in [0, 0.1) is 0 Å². The van der Waals surface area contributed by atoms with Gasteiger partial charge in [0.25, 0.3) is 0 Å². The molecule has 4 nitrogen and oxygen atoms in total. The fraction of sp³-hybridized carbons (Fsp3) is 0.393. The summed E-state index contributed by atoms with van der Waals surface area (Å²) in [4.78, 5) is 19.7. The Bertz CT molecular complexity index is 1150. The van der Waals surface area contributed by atoms with Gasteiger partial charge in [0.05, 0.1) is 17.7 Å². The molecule has 1 aliphatic carbocycles. The summed E-state index contributed by atoms with van der Waals surface area (Å²) < 4.78 is 41.0. The lowest BCUT2D eigenvalue weighted by molar-refractivity contribution is -0.138. The van der Waals surface area contributed by atoms with E-state index in [1.807, 2.05) is 18.2 Å². The van der Waals surface area contributed by atoms with E-state index in [1.54, 1.807) is 18.2 Å². The fourth-order valence-corrected chi connectivity index (χ4v) is 4.91. The molecule has 4 rings (SSSR count). The van der Waals surface area contributed by atoms with E-state index in [2.05, 4.69) is 22.1 Å². The molecule has 1 aromatic heterocycles. The normalized spacial score (nSPS) is 14.7. The molecule has 7 heteroatoms. The van der Waals surface area contributed by atoms with Gasteiger partial charge in [-0.3, -0.25) is 4.79 Å². The van der Waals surface area contributed by atoms with E-state index in [9.17, 15) is 18.0 Å². The molecule has 0 spiro atoms. The summed E-state index contributed by atoms with van der Waals surface area (Å²) in [5.74, 6) is 0.486. The van der Waals surface area contributed by atoms with Crippen LogP contribution in [-0.2, 0) is 36.7 Å². The Morgan fingerprint density at radius 1 is 0.943 bits per heavy atom. The predicted molar refractivity (Wildman–Crippen MR) is 129 cm³/mol. The van der Waals surface area contributed by atoms with Gasteiger partial charge in [-0.1, -0.05) is 67.8 Å². The van der Waals surface area contributed by atoms with Crippen molar-refractivity contribution in [2.24, 2.45) is 5.73 Å². The minimum Gasteiger partial charge on any atom is -0.369 e. The SMILES string of the molecule is NC(=O)Cc1ccccc1CCc1nc(Cc2ccc(C3CCCCC3)cc2)ncc1C(F)(F)F. The molecular formula is C28H30F3N3O. The van der Waals surface area contributed by atoms with Crippen molar-refractivity contribution in [1.29, 1.82) is 0 Å². The summed E-state index contributed by atoms with van der Waals surface area (Å²) in [6.07, 6.45) is 3.44. The van der Waals surface area contributed by atoms with E-state index < -0.39 is 17.6 Å². The van der Waals surface area contributed by atoms with E-state index >= 15 is 0 Å². The van der Waals surface area contributed by atoms with Crippen LogP contribution in [0.1, 0.15) is 77.4 Å². The first-order valence-corrected chi connectivity index (χ1v) is 12.2. The molecule has 1 heterocycles. The van der Waals surface area contributed by atoms with E-state index in [-0.39, 0.29) is 18.5 Å². The number of amides is 1. The first kappa shape index (κ1) is 24.9. The molecule has 2 aromatic carbocycles. The first-order valence-electron chi connectivity index (χ1n) is 12.2. The molecule has 2 N–H and O–H groups in total. The van der Waals surface area contributed by atoms with Crippen molar-refractivity contribution in [3.05, 3.63) is 94.1 Å². The summed E-state index contributed by atoms with van der Waals surface area (Å²) in [6, 6.07) is 15.5. The van der Waals surface area contributed by atoms with E-state index in [0.29, 0.717) is 24.6 Å². The minimum absolute atomic E-state index is 0.0322. The van der Waals surface area contributed by atoms with Crippen LogP contribution >= 0.6 is 0 Å². The molecule has 3 aromatic rings. The van der Waals surface area contributed by atoms with Crippen LogP contribution in [0.2, 0.25) is 0 Å². The molecule has 0 radical (unpaired) electrons. The number of carbonyl (C=O) groups excluding carboxylic acids is 1. The van der Waals surface area contributed by atoms with Gasteiger partial charge in [-0.2, -0.15) is 13.2 Å². The second kappa shape index (κ2) is 11.0. The van der Waals surface area contributed by atoms with E-state index in [0.717, 1.165) is 22.9 Å². The molecular weight excluding hydrogens is 451 g/mol. The Morgan fingerprint density at radius 3 is 2.29 bits per heavy atom. The van der Waals surface area contributed by atoms with Gasteiger partial charge < -0.3 is 5.73 Å². The first-order chi connectivity index (χ1) is 16.8. The van der Waals surface area contributed by atoms with Gasteiger partial charge in [-0.25, -0.2) is 9.97 Å². The van der Waals surface area contributed by atoms with Crippen LogP contribution in [0.4, 0.5) is 13.2 Å². The van der Waals surface area contributed by atoms with Crippen molar-refractivity contribution in [3.8, 4) is 0 Å². The number of alkyl halides is 3. The summed E-state index contributed by atoms with van der Waals surface area (Å²) >= 11 is 0. The lowest BCUT2D eigenvalue weighted by Crippen LogP contribution is -2.16. The monoisotopic (exact) mass is 481 g/mol. The van der Waals surface area contributed by atoms with Crippen LogP contribution in [-0.4, -0.2) is 15.9 Å². The number of carbonyl (C=O) groups is 1. The highest BCUT2D eigenvalue weighted by atomic mass is 19.4. The van der Waals surface area contributed by atoms with Crippen molar-refractivity contribution >= 4 is 5.91 Å². The Balaban J connectivity index is 1.52. The standard InChI is InChI=1S/C28H30F3N3O/c29-28(30,31)24-18-33-27(16-19-10-12-22(13-11-19)20-6-2-1-3-7-20)34-25(24)15-14-21-8-4-5-9-23(21)17-26(32)35/h4-5,8-13,18,20H,1-3,6-7,14-17H2,(H2,32,35). The maximum absolute atomic E-state index is 13.7. The van der Waals surface area contributed by atoms with Crippen LogP contribution in [0.3, 0.4) is 0 Å². The van der Waals surface area contributed by atoms with Crippen molar-refractivity contribution in [2.75, 3.05) is 0 Å². The van der Waals surface area contributed by atoms with Gasteiger partial charge in [0.2, 0.25) is 5.91 Å². The molecule has 1 aliphatic rings. The van der Waals surface area contributed by atoms with Crippen LogP contribution in [0.15, 0.2) is 54.7 Å². The number of halogens is 3. The quantitative estimate of drug-likeness (QED) is 0.432. The number of nitrogens with zero attached hydrogens (tertiary/aromatic N) is 2. The number of primary amides is 1. The van der Waals surface area contributed by atoms with Crippen LogP contribution in [0.5, 0.6) is 0 Å². The lowest BCUT2D eigenvalue weighted by atomic mass is 9.84. The van der Waals surface area contributed by atoms with Crippen molar-refractivity contribution in [1.82, 2.24) is 9.97 Å². The number of benzene rings is 2. The molecule has 1 amide bonds. The van der Waals surface area contributed by atoms with Gasteiger partial charge in [0.15, 0.2) is 0 Å². The molecule has 0 aliphatic heterocycles. The zero-order chi connectivity index (χ0) is 24.8. The average molecular weight is 482 g/mol. The third kappa shape index (κ3) is 6.68. The highest BCUT2D eigenvalue weighted by molar-refractivity contribution is 5.77. The van der Waals surface area contributed by atoms with Gasteiger partial charge in [0, 0.05) is 12.6 Å². The fourth-order valence-electron chi connectivity index (χ4n) is 4.91. The van der Waals surface area contributed by atoms with Crippen LogP contribution in [0.25, 0.3) is 0 Å². The Kier molecular flexibility index (Phi) is 7.83. The second-order valence-corrected chi connectivity index (χ2v) is 9.31. The molecule has 0 atom stereocenters. The number of rotatable bonds is 8. The van der Waals surface area contributed by atoms with Crippen LogP contribution < -0.4 is 5.73 Å². The Labute approximate surface area is 203 Å². The number of aryl methyl sites for hydroxylation is 2. The molecule has 1 fully saturated rings. The molecule has 0 bridgehead atoms. The highest BCUT2D eigenvalue weighted by Crippen LogP contribution is 2.33. The Hall–Kier alpha value is -3.22. The zero-order valence-electron chi connectivity index (χ0n) is 19.7. The third-order valence-electron chi connectivity index (χ3n) is 6.76. The van der Waals surface area contributed by atoms with Gasteiger partial charge in [0.1, 0.15) is 5.82 Å². The van der Waals surface area contributed by atoms with Gasteiger partial charge in [-0.05, 0) is 53.9 Å². The molecule has 1 saturated carbocycles. The number of hydrogen-bond acceptors (Lipinski definition) is 3. The second-order valence-electron chi connectivity index (χ2n) is 9.31. The highest BCUT2D eigenvalue weighted by Gasteiger charge is 2.34. The largest absolute Gasteiger partial charge is 0.419 e. The smallest absolute Gasteiger partial charge is 0.369 e. The Morgan fingerprint density at radius 2 is 1.63 bits per heavy atom. The number of aromatic nitrogens is 2. The maximum Gasteiger partial charge on any atom is 0.419 e. The van der Waals surface area contributed by atoms with Crippen molar-refractivity contribution < 1.29 is 18.0 Å². The maximum atomic E-state index is 13.7. The molecule has 0 unspecified atom stereocenters. The van der Waals surface area contributed by atoms with Crippen molar-refractivity contribution in [3.63, 3.8) is 0 Å². The summed E-state index contributed by atoms with van der Waals surface area (Å²) in [5, 5.41) is 0. The van der Waals surface area contributed by atoms with E-state index in [4.69, 9.17) is 5.73 Å². The number of nitrogens with two attached hydrogens (primary N) is 1. The average Bonchev–Trinajstić information content (AvgIpc) is 2.83. The van der Waals surface area contributed by atoms with Gasteiger partial charge in [-0.15, -0.1) is 0 Å². The summed E-state index contributed by atoms with van der Waals surface area (Å²) in [6.45, 7) is 0. The summed E-state index contributed by atoms with van der Waals surface area (Å²) in [5.41, 5.74) is 8.29. The molecule has 35 heavy (non-hydrogen) atoms. The van der Waals surface area contributed by atoms with Gasteiger partial charge >= 0.3 is 6.18 Å². The predicted octanol–water partition coefficient (Wildman–Crippen LogP) is 5.95. The third-order valence-corrected chi connectivity index (χ3v) is 6.76. The topological polar surface area (TPSA) is 68.9 Å². The van der Waals surface area contributed by atoms with E-state index in [1.165, 1.54) is 37.7 Å². The summed E-state index contributed by atoms with van der Waals surface area (Å²) in [7, 11) is 0. The van der Waals surface area contributed by atoms with Crippen molar-refractivity contribution in [2.45, 2.75) is 69.9 Å². The zero-order valence-corrected chi connectivity index (χ0v) is 19.7. The minimum atomic E-state index is -4.54. The lowest BCUT2D eigenvalue weighted by Gasteiger charge is -2.22. The molecule has 184 valence electrons. The number of hydrogen-bond donors (Lipinski definition) is 1.